The Balaban J connectivity index is 1.43. The Morgan fingerprint density at radius 2 is 1.93 bits per heavy atom. The maximum absolute atomic E-state index is 13.1. The number of aromatic nitrogens is 5. The first-order valence-electron chi connectivity index (χ1n) is 8.57. The van der Waals surface area contributed by atoms with E-state index in [0.29, 0.717) is 18.1 Å². The normalized spacial score (nSPS) is 16.1. The first-order valence-corrected chi connectivity index (χ1v) is 9.37. The number of hydrogen-bond donors (Lipinski definition) is 0. The number of hydrogen-bond acceptors (Lipinski definition) is 6. The third-order valence-electron chi connectivity index (χ3n) is 4.58. The van der Waals surface area contributed by atoms with E-state index in [2.05, 4.69) is 36.4 Å². The fraction of sp³-hybridized carbons (Fsp3) is 0.158. The molecule has 0 radical (unpaired) electrons. The van der Waals surface area contributed by atoms with Crippen molar-refractivity contribution in [2.45, 2.75) is 19.3 Å². The maximum atomic E-state index is 13.1. The number of nitrogens with zero attached hydrogens (tertiary/aromatic N) is 5. The van der Waals surface area contributed by atoms with E-state index in [1.165, 1.54) is 12.1 Å². The van der Waals surface area contributed by atoms with Crippen LogP contribution >= 0.6 is 15.9 Å². The molecule has 1 aliphatic heterocycles. The van der Waals surface area contributed by atoms with Gasteiger partial charge in [0.25, 0.3) is 5.89 Å². The van der Waals surface area contributed by atoms with Crippen molar-refractivity contribution in [3.63, 3.8) is 0 Å². The third kappa shape index (κ3) is 3.02. The van der Waals surface area contributed by atoms with E-state index >= 15 is 0 Å². The minimum Gasteiger partial charge on any atom is -0.365 e. The van der Waals surface area contributed by atoms with E-state index in [-0.39, 0.29) is 24.4 Å². The molecule has 2 aromatic heterocycles. The molecule has 2 aromatic carbocycles. The second kappa shape index (κ2) is 6.92. The molecule has 0 aliphatic carbocycles. The lowest BCUT2D eigenvalue weighted by molar-refractivity contribution is -0.00120. The fourth-order valence-electron chi connectivity index (χ4n) is 3.13. The lowest BCUT2D eigenvalue weighted by Crippen LogP contribution is -2.22. The largest absolute Gasteiger partial charge is 0.365 e. The van der Waals surface area contributed by atoms with Crippen LogP contribution in [0.1, 0.15) is 17.4 Å². The van der Waals surface area contributed by atoms with Crippen LogP contribution in [0, 0.1) is 5.82 Å². The van der Waals surface area contributed by atoms with Crippen molar-refractivity contribution in [3.05, 3.63) is 70.1 Å². The minimum absolute atomic E-state index is 0.221. The molecule has 28 heavy (non-hydrogen) atoms. The molecule has 1 atom stereocenters. The van der Waals surface area contributed by atoms with Crippen LogP contribution in [0.25, 0.3) is 23.0 Å². The number of fused-ring (bicyclic) bond motifs is 1. The van der Waals surface area contributed by atoms with Gasteiger partial charge in [-0.05, 0) is 29.8 Å². The second-order valence-corrected chi connectivity index (χ2v) is 7.18. The molecule has 1 aliphatic rings. The average Bonchev–Trinajstić information content (AvgIpc) is 3.35. The van der Waals surface area contributed by atoms with Crippen LogP contribution in [-0.4, -0.2) is 25.1 Å². The van der Waals surface area contributed by atoms with Gasteiger partial charge in [-0.15, -0.1) is 5.10 Å². The van der Waals surface area contributed by atoms with Crippen LogP contribution in [0.5, 0.6) is 0 Å². The van der Waals surface area contributed by atoms with Crippen LogP contribution in [0.4, 0.5) is 4.39 Å². The molecule has 0 bridgehead atoms. The molecular weight excluding hydrogens is 429 g/mol. The van der Waals surface area contributed by atoms with Gasteiger partial charge in [0, 0.05) is 10.0 Å². The van der Waals surface area contributed by atoms with Gasteiger partial charge >= 0.3 is 0 Å². The van der Waals surface area contributed by atoms with Crippen LogP contribution in [0.15, 0.2) is 57.5 Å². The van der Waals surface area contributed by atoms with Crippen LogP contribution in [-0.2, 0) is 17.9 Å². The van der Waals surface area contributed by atoms with Crippen LogP contribution < -0.4 is 0 Å². The number of ether oxygens (including phenoxy) is 1. The van der Waals surface area contributed by atoms with E-state index in [4.69, 9.17) is 9.26 Å². The SMILES string of the molecule is Fc1ccc(C2Cn3nnc(-c4nc(-c5ccccc5Br)no4)c3CO2)cc1. The minimum atomic E-state index is -0.277. The van der Waals surface area contributed by atoms with Crippen molar-refractivity contribution in [2.75, 3.05) is 0 Å². The number of halogens is 2. The summed E-state index contributed by atoms with van der Waals surface area (Å²) in [6, 6.07) is 13.9. The molecule has 0 fully saturated rings. The van der Waals surface area contributed by atoms with E-state index < -0.39 is 0 Å². The molecule has 140 valence electrons. The van der Waals surface area contributed by atoms with Crippen molar-refractivity contribution < 1.29 is 13.7 Å². The summed E-state index contributed by atoms with van der Waals surface area (Å²) in [7, 11) is 0. The van der Waals surface area contributed by atoms with Crippen LogP contribution in [0.3, 0.4) is 0 Å². The Bertz CT molecular complexity index is 1140. The average molecular weight is 442 g/mol. The van der Waals surface area contributed by atoms with Crippen molar-refractivity contribution in [2.24, 2.45) is 0 Å². The molecule has 4 aromatic rings. The van der Waals surface area contributed by atoms with Crippen molar-refractivity contribution in [1.29, 1.82) is 0 Å². The van der Waals surface area contributed by atoms with Gasteiger partial charge in [0.1, 0.15) is 11.9 Å². The molecule has 3 heterocycles. The summed E-state index contributed by atoms with van der Waals surface area (Å²) in [4.78, 5) is 4.46. The first kappa shape index (κ1) is 17.2. The highest BCUT2D eigenvalue weighted by Gasteiger charge is 2.28. The summed E-state index contributed by atoms with van der Waals surface area (Å²) >= 11 is 3.49. The zero-order valence-corrected chi connectivity index (χ0v) is 16.0. The lowest BCUT2D eigenvalue weighted by atomic mass is 10.1. The third-order valence-corrected chi connectivity index (χ3v) is 5.27. The summed E-state index contributed by atoms with van der Waals surface area (Å²) < 4.78 is 27.1. The van der Waals surface area contributed by atoms with E-state index in [9.17, 15) is 4.39 Å². The summed E-state index contributed by atoms with van der Waals surface area (Å²) in [6.45, 7) is 0.760. The summed E-state index contributed by atoms with van der Waals surface area (Å²) in [5, 5.41) is 12.5. The molecular formula is C19H13BrFN5O2. The van der Waals surface area contributed by atoms with Crippen LogP contribution in [0.2, 0.25) is 0 Å². The number of benzene rings is 2. The topological polar surface area (TPSA) is 78.9 Å². The Hall–Kier alpha value is -2.91. The highest BCUT2D eigenvalue weighted by atomic mass is 79.9. The molecule has 1 unspecified atom stereocenters. The Labute approximate surface area is 167 Å². The van der Waals surface area contributed by atoms with Gasteiger partial charge < -0.3 is 9.26 Å². The first-order chi connectivity index (χ1) is 13.7. The lowest BCUT2D eigenvalue weighted by Gasteiger charge is -2.24. The van der Waals surface area contributed by atoms with Crippen molar-refractivity contribution >= 4 is 15.9 Å². The molecule has 0 N–H and O–H groups in total. The summed E-state index contributed by atoms with van der Waals surface area (Å²) in [5.41, 5.74) is 2.98. The van der Waals surface area contributed by atoms with Gasteiger partial charge in [-0.1, -0.05) is 50.6 Å². The summed E-state index contributed by atoms with van der Waals surface area (Å²) in [5.74, 6) is 0.474. The molecule has 9 heteroatoms. The van der Waals surface area contributed by atoms with E-state index in [0.717, 1.165) is 21.3 Å². The second-order valence-electron chi connectivity index (χ2n) is 6.32. The highest BCUT2D eigenvalue weighted by molar-refractivity contribution is 9.10. The summed E-state index contributed by atoms with van der Waals surface area (Å²) in [6.07, 6.45) is -0.221. The van der Waals surface area contributed by atoms with Gasteiger partial charge in [0.2, 0.25) is 5.82 Å². The Morgan fingerprint density at radius 1 is 1.11 bits per heavy atom. The predicted molar refractivity (Wildman–Crippen MR) is 100 cm³/mol. The molecule has 0 saturated carbocycles. The molecule has 0 spiro atoms. The molecule has 5 rings (SSSR count). The zero-order chi connectivity index (χ0) is 19.1. The zero-order valence-electron chi connectivity index (χ0n) is 14.4. The molecule has 0 amide bonds. The maximum Gasteiger partial charge on any atom is 0.280 e. The highest BCUT2D eigenvalue weighted by Crippen LogP contribution is 2.32. The smallest absolute Gasteiger partial charge is 0.280 e. The van der Waals surface area contributed by atoms with Gasteiger partial charge in [0.15, 0.2) is 5.69 Å². The Morgan fingerprint density at radius 3 is 2.75 bits per heavy atom. The predicted octanol–water partition coefficient (Wildman–Crippen LogP) is 4.17. The number of rotatable bonds is 3. The van der Waals surface area contributed by atoms with Crippen molar-refractivity contribution in [1.82, 2.24) is 25.1 Å². The van der Waals surface area contributed by atoms with E-state index in [1.54, 1.807) is 16.8 Å². The Kier molecular flexibility index (Phi) is 4.25. The van der Waals surface area contributed by atoms with E-state index in [1.807, 2.05) is 24.3 Å². The fourth-order valence-corrected chi connectivity index (χ4v) is 3.59. The van der Waals surface area contributed by atoms with Crippen molar-refractivity contribution in [3.8, 4) is 23.0 Å². The van der Waals surface area contributed by atoms with Gasteiger partial charge in [-0.2, -0.15) is 4.98 Å². The standard InChI is InChI=1S/C19H13BrFN5O2/c20-14-4-2-1-3-13(14)18-22-19(28-24-18)17-15-10-27-16(9-26(15)25-23-17)11-5-7-12(21)8-6-11/h1-8,16H,9-10H2. The molecule has 7 nitrogen and oxygen atoms in total. The molecule has 0 saturated heterocycles. The van der Waals surface area contributed by atoms with Gasteiger partial charge in [-0.3, -0.25) is 0 Å². The quantitative estimate of drug-likeness (QED) is 0.474. The van der Waals surface area contributed by atoms with Gasteiger partial charge in [0.05, 0.1) is 18.8 Å². The van der Waals surface area contributed by atoms with Gasteiger partial charge in [-0.25, -0.2) is 9.07 Å². The monoisotopic (exact) mass is 441 g/mol.